The van der Waals surface area contributed by atoms with E-state index in [4.69, 9.17) is 22.3 Å². The zero-order valence-electron chi connectivity index (χ0n) is 11.5. The number of halogens is 1. The summed E-state index contributed by atoms with van der Waals surface area (Å²) in [6, 6.07) is 7.85. The number of hydrogen-bond acceptors (Lipinski definition) is 3. The van der Waals surface area contributed by atoms with Crippen molar-refractivity contribution in [3.8, 4) is 11.3 Å². The minimum absolute atomic E-state index is 0.543. The molecule has 2 heterocycles. The number of hydrogen-bond donors (Lipinski definition) is 2. The van der Waals surface area contributed by atoms with Gasteiger partial charge in [-0.05, 0) is 42.9 Å². The summed E-state index contributed by atoms with van der Waals surface area (Å²) >= 11 is 6.37. The molecule has 4 rings (SSSR count). The van der Waals surface area contributed by atoms with Gasteiger partial charge in [0.15, 0.2) is 11.5 Å². The smallest absolute Gasteiger partial charge is 0.158 e. The molecule has 0 spiro atoms. The van der Waals surface area contributed by atoms with Crippen LogP contribution >= 0.6 is 11.6 Å². The van der Waals surface area contributed by atoms with Crippen molar-refractivity contribution in [2.24, 2.45) is 0 Å². The fraction of sp³-hybridized carbons (Fsp3) is 0.250. The number of nitrogens with two attached hydrogens (primary N) is 1. The molecule has 0 bridgehead atoms. The molecule has 0 fully saturated rings. The van der Waals surface area contributed by atoms with Crippen molar-refractivity contribution in [1.29, 1.82) is 0 Å². The van der Waals surface area contributed by atoms with Gasteiger partial charge in [0, 0.05) is 10.6 Å². The van der Waals surface area contributed by atoms with E-state index in [9.17, 15) is 0 Å². The minimum Gasteiger partial charge on any atom is -0.382 e. The summed E-state index contributed by atoms with van der Waals surface area (Å²) in [7, 11) is 0. The predicted molar refractivity (Wildman–Crippen MR) is 85.4 cm³/mol. The highest BCUT2D eigenvalue weighted by Crippen LogP contribution is 2.38. The number of aromatic nitrogens is 3. The van der Waals surface area contributed by atoms with Crippen LogP contribution in [0.4, 0.5) is 5.82 Å². The topological polar surface area (TPSA) is 67.6 Å². The van der Waals surface area contributed by atoms with E-state index in [2.05, 4.69) is 10.2 Å². The number of anilines is 1. The number of nitrogens with zero attached hydrogens (tertiary/aromatic N) is 2. The molecule has 5 heteroatoms. The van der Waals surface area contributed by atoms with Crippen molar-refractivity contribution >= 4 is 28.5 Å². The lowest BCUT2D eigenvalue weighted by Crippen LogP contribution is -2.08. The van der Waals surface area contributed by atoms with Crippen molar-refractivity contribution in [2.75, 3.05) is 5.73 Å². The summed E-state index contributed by atoms with van der Waals surface area (Å²) in [4.78, 5) is 4.76. The quantitative estimate of drug-likeness (QED) is 0.719. The van der Waals surface area contributed by atoms with Crippen LogP contribution in [0.5, 0.6) is 0 Å². The van der Waals surface area contributed by atoms with E-state index in [-0.39, 0.29) is 0 Å². The number of nitrogen functional groups attached to an aromatic ring is 1. The summed E-state index contributed by atoms with van der Waals surface area (Å²) < 4.78 is 0. The molecule has 21 heavy (non-hydrogen) atoms. The minimum atomic E-state index is 0.543. The lowest BCUT2D eigenvalue weighted by Gasteiger charge is -2.20. The third-order valence-corrected chi connectivity index (χ3v) is 4.51. The van der Waals surface area contributed by atoms with Crippen molar-refractivity contribution in [2.45, 2.75) is 25.7 Å². The maximum Gasteiger partial charge on any atom is 0.158 e. The van der Waals surface area contributed by atoms with Gasteiger partial charge in [-0.3, -0.25) is 5.10 Å². The van der Waals surface area contributed by atoms with Gasteiger partial charge in [-0.15, -0.1) is 0 Å². The van der Waals surface area contributed by atoms with Gasteiger partial charge in [-0.25, -0.2) is 4.98 Å². The molecule has 0 saturated carbocycles. The van der Waals surface area contributed by atoms with E-state index >= 15 is 0 Å². The van der Waals surface area contributed by atoms with Gasteiger partial charge in [0.25, 0.3) is 0 Å². The molecular weight excluding hydrogens is 284 g/mol. The number of H-pyrrole nitrogens is 1. The zero-order valence-corrected chi connectivity index (χ0v) is 12.2. The Bertz CT molecular complexity index is 838. The number of benzene rings is 1. The van der Waals surface area contributed by atoms with Crippen LogP contribution in [0.25, 0.3) is 22.3 Å². The Morgan fingerprint density at radius 1 is 1.10 bits per heavy atom. The molecule has 0 aliphatic heterocycles. The Labute approximate surface area is 127 Å². The molecule has 0 radical (unpaired) electrons. The Balaban J connectivity index is 2.08. The molecule has 1 aromatic carbocycles. The van der Waals surface area contributed by atoms with Gasteiger partial charge >= 0.3 is 0 Å². The molecule has 0 saturated heterocycles. The van der Waals surface area contributed by atoms with Crippen LogP contribution in [0.2, 0.25) is 5.02 Å². The molecule has 4 nitrogen and oxygen atoms in total. The Morgan fingerprint density at radius 3 is 2.67 bits per heavy atom. The first kappa shape index (κ1) is 12.7. The van der Waals surface area contributed by atoms with Crippen molar-refractivity contribution < 1.29 is 0 Å². The molecule has 0 atom stereocenters. The second kappa shape index (κ2) is 4.74. The molecule has 1 aliphatic carbocycles. The van der Waals surface area contributed by atoms with Gasteiger partial charge in [-0.1, -0.05) is 29.8 Å². The summed E-state index contributed by atoms with van der Waals surface area (Å²) in [5.41, 5.74) is 11.3. The fourth-order valence-corrected chi connectivity index (χ4v) is 3.45. The normalized spacial score (nSPS) is 14.3. The van der Waals surface area contributed by atoms with Crippen LogP contribution in [0.1, 0.15) is 24.0 Å². The molecule has 0 unspecified atom stereocenters. The van der Waals surface area contributed by atoms with Gasteiger partial charge < -0.3 is 5.73 Å². The van der Waals surface area contributed by atoms with Crippen LogP contribution in [-0.4, -0.2) is 15.2 Å². The summed E-state index contributed by atoms with van der Waals surface area (Å²) in [6.07, 6.45) is 4.40. The first-order chi connectivity index (χ1) is 10.3. The third-order valence-electron chi connectivity index (χ3n) is 4.18. The van der Waals surface area contributed by atoms with Gasteiger partial charge in [-0.2, -0.15) is 5.10 Å². The standard InChI is InChI=1S/C16H15ClN4/c17-12-8-4-3-7-11(12)14-10-6-2-1-5-9(10)13-15(18)20-21-16(13)19-14/h3-4,7-8H,1-2,5-6H2,(H3,18,19,20,21). The van der Waals surface area contributed by atoms with Crippen LogP contribution in [0.15, 0.2) is 24.3 Å². The number of pyridine rings is 1. The molecule has 1 aliphatic rings. The van der Waals surface area contributed by atoms with Crippen LogP contribution in [0, 0.1) is 0 Å². The van der Waals surface area contributed by atoms with Gasteiger partial charge in [0.1, 0.15) is 0 Å². The number of aryl methyl sites for hydroxylation is 1. The molecule has 2 aromatic heterocycles. The summed E-state index contributed by atoms with van der Waals surface area (Å²) in [5, 5.41) is 8.77. The number of rotatable bonds is 1. The van der Waals surface area contributed by atoms with Crippen molar-refractivity contribution in [1.82, 2.24) is 15.2 Å². The fourth-order valence-electron chi connectivity index (χ4n) is 3.22. The van der Waals surface area contributed by atoms with E-state index in [0.29, 0.717) is 5.82 Å². The van der Waals surface area contributed by atoms with E-state index in [0.717, 1.165) is 40.2 Å². The molecular formula is C16H15ClN4. The maximum absolute atomic E-state index is 6.37. The van der Waals surface area contributed by atoms with Crippen LogP contribution in [0.3, 0.4) is 0 Å². The number of fused-ring (bicyclic) bond motifs is 3. The zero-order chi connectivity index (χ0) is 14.4. The predicted octanol–water partition coefficient (Wildman–Crippen LogP) is 3.74. The summed E-state index contributed by atoms with van der Waals surface area (Å²) in [5.74, 6) is 0.543. The average Bonchev–Trinajstić information content (AvgIpc) is 2.89. The lowest BCUT2D eigenvalue weighted by atomic mass is 9.87. The maximum atomic E-state index is 6.37. The largest absolute Gasteiger partial charge is 0.382 e. The van der Waals surface area contributed by atoms with Gasteiger partial charge in [0.05, 0.1) is 11.1 Å². The van der Waals surface area contributed by atoms with Crippen LogP contribution in [-0.2, 0) is 12.8 Å². The highest BCUT2D eigenvalue weighted by atomic mass is 35.5. The SMILES string of the molecule is Nc1n[nH]c2nc(-c3ccccc3Cl)c3c(c12)CCCC3. The van der Waals surface area contributed by atoms with E-state index in [1.807, 2.05) is 24.3 Å². The Hall–Kier alpha value is -2.07. The molecule has 0 amide bonds. The second-order valence-corrected chi connectivity index (χ2v) is 5.84. The van der Waals surface area contributed by atoms with E-state index in [1.165, 1.54) is 24.0 Å². The van der Waals surface area contributed by atoms with Crippen LogP contribution < -0.4 is 5.73 Å². The Morgan fingerprint density at radius 2 is 1.86 bits per heavy atom. The van der Waals surface area contributed by atoms with Crippen molar-refractivity contribution in [3.63, 3.8) is 0 Å². The highest BCUT2D eigenvalue weighted by molar-refractivity contribution is 6.33. The van der Waals surface area contributed by atoms with E-state index in [1.54, 1.807) is 0 Å². The monoisotopic (exact) mass is 298 g/mol. The van der Waals surface area contributed by atoms with Crippen molar-refractivity contribution in [3.05, 3.63) is 40.4 Å². The molecule has 3 aromatic rings. The Kier molecular flexibility index (Phi) is 2.86. The third kappa shape index (κ3) is 1.90. The highest BCUT2D eigenvalue weighted by Gasteiger charge is 2.22. The second-order valence-electron chi connectivity index (χ2n) is 5.44. The number of nitrogens with one attached hydrogen (secondary N) is 1. The van der Waals surface area contributed by atoms with Gasteiger partial charge in [0.2, 0.25) is 0 Å². The summed E-state index contributed by atoms with van der Waals surface area (Å²) in [6.45, 7) is 0. The van der Waals surface area contributed by atoms with E-state index < -0.39 is 0 Å². The molecule has 3 N–H and O–H groups in total. The average molecular weight is 299 g/mol. The molecule has 106 valence electrons. The first-order valence-electron chi connectivity index (χ1n) is 7.16. The number of aromatic amines is 1. The first-order valence-corrected chi connectivity index (χ1v) is 7.53. The lowest BCUT2D eigenvalue weighted by molar-refractivity contribution is 0.689.